The average molecular weight is 252 g/mol. The average Bonchev–Trinajstić information content (AvgIpc) is 2.18. The van der Waals surface area contributed by atoms with Gasteiger partial charge in [0.2, 0.25) is 0 Å². The Bertz CT molecular complexity index is 335. The highest BCUT2D eigenvalue weighted by Crippen LogP contribution is 2.22. The largest absolute Gasteiger partial charge is 0.490 e. The first-order valence-electron chi connectivity index (χ1n) is 4.92. The van der Waals surface area contributed by atoms with E-state index in [1.165, 1.54) is 19.1 Å². The number of esters is 2. The van der Waals surface area contributed by atoms with Gasteiger partial charge in [0.15, 0.2) is 0 Å². The Morgan fingerprint density at radius 3 is 1.94 bits per heavy atom. The Morgan fingerprint density at radius 2 is 1.59 bits per heavy atom. The molecule has 1 rings (SSSR count). The summed E-state index contributed by atoms with van der Waals surface area (Å²) >= 11 is 0. The van der Waals surface area contributed by atoms with Crippen molar-refractivity contribution >= 4 is 11.9 Å². The smallest absolute Gasteiger partial charge is 0.458 e. The van der Waals surface area contributed by atoms with Crippen LogP contribution in [-0.2, 0) is 19.1 Å². The molecule has 4 nitrogen and oxygen atoms in total. The lowest BCUT2D eigenvalue weighted by Gasteiger charge is -2.22. The van der Waals surface area contributed by atoms with E-state index >= 15 is 0 Å². The van der Waals surface area contributed by atoms with E-state index in [0.717, 1.165) is 0 Å². The van der Waals surface area contributed by atoms with Crippen LogP contribution in [0.15, 0.2) is 12.2 Å². The molecular weight excluding hydrogens is 241 g/mol. The van der Waals surface area contributed by atoms with Crippen molar-refractivity contribution in [1.29, 1.82) is 0 Å². The summed E-state index contributed by atoms with van der Waals surface area (Å²) < 4.78 is 44.7. The van der Waals surface area contributed by atoms with Gasteiger partial charge in [-0.05, 0) is 25.0 Å². The highest BCUT2D eigenvalue weighted by atomic mass is 19.4. The van der Waals surface area contributed by atoms with Crippen molar-refractivity contribution in [2.24, 2.45) is 0 Å². The number of halogens is 3. The number of alkyl halides is 3. The van der Waals surface area contributed by atoms with Crippen LogP contribution in [0.4, 0.5) is 13.2 Å². The third-order valence-corrected chi connectivity index (χ3v) is 2.08. The Labute approximate surface area is 95.4 Å². The molecule has 0 aromatic carbocycles. The highest BCUT2D eigenvalue weighted by molar-refractivity contribution is 5.75. The second-order valence-corrected chi connectivity index (χ2v) is 3.55. The first-order valence-corrected chi connectivity index (χ1v) is 4.92. The molecule has 96 valence electrons. The monoisotopic (exact) mass is 252 g/mol. The topological polar surface area (TPSA) is 52.6 Å². The summed E-state index contributed by atoms with van der Waals surface area (Å²) in [4.78, 5) is 21.1. The molecule has 0 N–H and O–H groups in total. The summed E-state index contributed by atoms with van der Waals surface area (Å²) in [7, 11) is 0. The minimum atomic E-state index is -4.99. The van der Waals surface area contributed by atoms with Crippen molar-refractivity contribution in [1.82, 2.24) is 0 Å². The van der Waals surface area contributed by atoms with Crippen LogP contribution < -0.4 is 0 Å². The Morgan fingerprint density at radius 1 is 1.12 bits per heavy atom. The predicted octanol–water partition coefficient (Wildman–Crippen LogP) is 1.74. The maximum Gasteiger partial charge on any atom is 0.490 e. The van der Waals surface area contributed by atoms with E-state index in [1.807, 2.05) is 0 Å². The molecule has 0 fully saturated rings. The molecule has 0 aromatic heterocycles. The normalized spacial score (nSPS) is 24.2. The van der Waals surface area contributed by atoms with E-state index in [9.17, 15) is 22.8 Å². The van der Waals surface area contributed by atoms with Gasteiger partial charge in [0.05, 0.1) is 0 Å². The fraction of sp³-hybridized carbons (Fsp3) is 0.600. The first-order chi connectivity index (χ1) is 7.79. The van der Waals surface area contributed by atoms with Gasteiger partial charge in [-0.3, -0.25) is 4.79 Å². The minimum absolute atomic E-state index is 0.191. The molecule has 0 aliphatic heterocycles. The molecule has 0 heterocycles. The van der Waals surface area contributed by atoms with E-state index in [0.29, 0.717) is 6.42 Å². The molecule has 0 saturated heterocycles. The molecule has 17 heavy (non-hydrogen) atoms. The predicted molar refractivity (Wildman–Crippen MR) is 49.9 cm³/mol. The van der Waals surface area contributed by atoms with Gasteiger partial charge in [0.25, 0.3) is 0 Å². The molecule has 2 atom stereocenters. The van der Waals surface area contributed by atoms with Gasteiger partial charge in [-0.25, -0.2) is 4.79 Å². The first kappa shape index (κ1) is 13.5. The molecular formula is C10H11F3O4. The molecule has 0 aromatic rings. The third kappa shape index (κ3) is 4.46. The van der Waals surface area contributed by atoms with Crippen molar-refractivity contribution in [3.63, 3.8) is 0 Å². The van der Waals surface area contributed by atoms with Crippen LogP contribution in [0.25, 0.3) is 0 Å². The fourth-order valence-corrected chi connectivity index (χ4v) is 1.38. The molecule has 0 spiro atoms. The maximum atomic E-state index is 11.9. The minimum Gasteiger partial charge on any atom is -0.458 e. The standard InChI is InChI=1S/C10H11F3O4/c1-6(14)16-7-2-4-8(5-3-7)17-9(15)10(11,12)13/h2,4,7-8H,3,5H2,1H3/t7-,8-/m1/s1. The number of carbonyl (C=O) groups is 2. The van der Waals surface area contributed by atoms with Gasteiger partial charge in [-0.15, -0.1) is 0 Å². The van der Waals surface area contributed by atoms with E-state index in [2.05, 4.69) is 4.74 Å². The van der Waals surface area contributed by atoms with E-state index in [4.69, 9.17) is 4.74 Å². The second-order valence-electron chi connectivity index (χ2n) is 3.55. The van der Waals surface area contributed by atoms with Crippen LogP contribution in [0.3, 0.4) is 0 Å². The Kier molecular flexibility index (Phi) is 4.14. The molecule has 0 radical (unpaired) electrons. The zero-order valence-electron chi connectivity index (χ0n) is 8.99. The number of ether oxygens (including phenoxy) is 2. The van der Waals surface area contributed by atoms with Gasteiger partial charge >= 0.3 is 18.1 Å². The Balaban J connectivity index is 2.45. The molecule has 0 unspecified atom stereocenters. The zero-order chi connectivity index (χ0) is 13.1. The number of hydrogen-bond donors (Lipinski definition) is 0. The van der Waals surface area contributed by atoms with Crippen molar-refractivity contribution in [3.8, 4) is 0 Å². The van der Waals surface area contributed by atoms with E-state index in [-0.39, 0.29) is 6.42 Å². The van der Waals surface area contributed by atoms with Crippen LogP contribution in [0.2, 0.25) is 0 Å². The molecule has 0 amide bonds. The maximum absolute atomic E-state index is 11.9. The molecule has 0 bridgehead atoms. The number of carbonyl (C=O) groups excluding carboxylic acids is 2. The second kappa shape index (κ2) is 5.20. The summed E-state index contributed by atoms with van der Waals surface area (Å²) in [6.07, 6.45) is -3.15. The third-order valence-electron chi connectivity index (χ3n) is 2.08. The molecule has 7 heteroatoms. The van der Waals surface area contributed by atoms with Crippen LogP contribution in [0, 0.1) is 0 Å². The lowest BCUT2D eigenvalue weighted by Crippen LogP contribution is -2.31. The van der Waals surface area contributed by atoms with Crippen molar-refractivity contribution in [3.05, 3.63) is 12.2 Å². The van der Waals surface area contributed by atoms with Crippen LogP contribution in [0.5, 0.6) is 0 Å². The summed E-state index contributed by atoms with van der Waals surface area (Å²) in [5.74, 6) is -2.68. The molecule has 0 saturated carbocycles. The quantitative estimate of drug-likeness (QED) is 0.555. The van der Waals surface area contributed by atoms with Gasteiger partial charge in [0.1, 0.15) is 12.2 Å². The summed E-state index contributed by atoms with van der Waals surface area (Å²) in [5, 5.41) is 0. The number of rotatable bonds is 2. The SMILES string of the molecule is CC(=O)O[C@@H]1C=C[C@@H](OC(=O)C(F)(F)F)CC1. The van der Waals surface area contributed by atoms with Gasteiger partial charge < -0.3 is 9.47 Å². The van der Waals surface area contributed by atoms with Gasteiger partial charge in [0, 0.05) is 6.92 Å². The van der Waals surface area contributed by atoms with Crippen molar-refractivity contribution < 1.29 is 32.2 Å². The van der Waals surface area contributed by atoms with Crippen LogP contribution in [0.1, 0.15) is 19.8 Å². The summed E-state index contributed by atoms with van der Waals surface area (Å²) in [6.45, 7) is 1.24. The lowest BCUT2D eigenvalue weighted by molar-refractivity contribution is -0.203. The molecule has 1 aliphatic rings. The summed E-state index contributed by atoms with van der Waals surface area (Å²) in [5.41, 5.74) is 0. The van der Waals surface area contributed by atoms with Crippen molar-refractivity contribution in [2.75, 3.05) is 0 Å². The zero-order valence-corrected chi connectivity index (χ0v) is 8.99. The van der Waals surface area contributed by atoms with Crippen LogP contribution >= 0.6 is 0 Å². The Hall–Kier alpha value is -1.53. The van der Waals surface area contributed by atoms with Crippen LogP contribution in [-0.4, -0.2) is 30.3 Å². The van der Waals surface area contributed by atoms with E-state index < -0.39 is 30.3 Å². The van der Waals surface area contributed by atoms with Crippen molar-refractivity contribution in [2.45, 2.75) is 38.1 Å². The number of hydrogen-bond acceptors (Lipinski definition) is 4. The summed E-state index contributed by atoms with van der Waals surface area (Å²) in [6, 6.07) is 0. The van der Waals surface area contributed by atoms with Gasteiger partial charge in [-0.1, -0.05) is 0 Å². The van der Waals surface area contributed by atoms with E-state index in [1.54, 1.807) is 0 Å². The highest BCUT2D eigenvalue weighted by Gasteiger charge is 2.42. The molecule has 1 aliphatic carbocycles. The lowest BCUT2D eigenvalue weighted by atomic mass is 10.0. The fourth-order valence-electron chi connectivity index (χ4n) is 1.38. The van der Waals surface area contributed by atoms with Gasteiger partial charge in [-0.2, -0.15) is 13.2 Å².